The number of benzene rings is 2. The molecular weight excluding hydrogens is 276 g/mol. The molecule has 5 heteroatoms. The molecule has 0 fully saturated rings. The van der Waals surface area contributed by atoms with Gasteiger partial charge in [0, 0.05) is 29.7 Å². The summed E-state index contributed by atoms with van der Waals surface area (Å²) >= 11 is 0. The topological polar surface area (TPSA) is 65.8 Å². The molecule has 0 spiro atoms. The van der Waals surface area contributed by atoms with E-state index >= 15 is 0 Å². The van der Waals surface area contributed by atoms with Crippen LogP contribution in [0.1, 0.15) is 10.4 Å². The van der Waals surface area contributed by atoms with Gasteiger partial charge in [0.05, 0.1) is 11.2 Å². The van der Waals surface area contributed by atoms with Crippen LogP contribution in [0.2, 0.25) is 0 Å². The highest BCUT2D eigenvalue weighted by atomic mass is 16.2. The maximum absolute atomic E-state index is 12.9. The Balaban J connectivity index is 1.94. The van der Waals surface area contributed by atoms with E-state index in [0.29, 0.717) is 16.8 Å². The highest BCUT2D eigenvalue weighted by Crippen LogP contribution is 2.24. The Labute approximate surface area is 126 Å². The first kappa shape index (κ1) is 12.6. The van der Waals surface area contributed by atoms with Crippen molar-refractivity contribution in [2.24, 2.45) is 7.05 Å². The molecule has 108 valence electrons. The predicted octanol–water partition coefficient (Wildman–Crippen LogP) is 2.80. The van der Waals surface area contributed by atoms with Crippen LogP contribution >= 0.6 is 0 Å². The Hall–Kier alpha value is -3.08. The van der Waals surface area contributed by atoms with Gasteiger partial charge in [-0.3, -0.25) is 9.36 Å². The average molecular weight is 290 g/mol. The van der Waals surface area contributed by atoms with Crippen molar-refractivity contribution in [2.45, 2.75) is 0 Å². The summed E-state index contributed by atoms with van der Waals surface area (Å²) in [5.74, 6) is -0.107. The number of hydrogen-bond acceptors (Lipinski definition) is 3. The van der Waals surface area contributed by atoms with Crippen molar-refractivity contribution in [3.8, 4) is 0 Å². The number of nitrogens with zero attached hydrogens (tertiary/aromatic N) is 3. The number of hydrogen-bond donors (Lipinski definition) is 1. The van der Waals surface area contributed by atoms with E-state index in [4.69, 9.17) is 5.73 Å². The fourth-order valence-corrected chi connectivity index (χ4v) is 2.84. The van der Waals surface area contributed by atoms with Gasteiger partial charge in [-0.2, -0.15) is 0 Å². The van der Waals surface area contributed by atoms with E-state index in [9.17, 15) is 4.79 Å². The Morgan fingerprint density at radius 3 is 2.73 bits per heavy atom. The number of aromatic nitrogens is 3. The summed E-state index contributed by atoms with van der Waals surface area (Å²) in [6.07, 6.45) is 3.48. The maximum atomic E-state index is 12.9. The van der Waals surface area contributed by atoms with Crippen molar-refractivity contribution < 1.29 is 4.79 Å². The van der Waals surface area contributed by atoms with Crippen molar-refractivity contribution in [1.82, 2.24) is 14.1 Å². The monoisotopic (exact) mass is 290 g/mol. The minimum absolute atomic E-state index is 0.107. The average Bonchev–Trinajstić information content (AvgIpc) is 3.12. The van der Waals surface area contributed by atoms with Crippen LogP contribution in [0.4, 0.5) is 5.69 Å². The Bertz CT molecular complexity index is 1030. The van der Waals surface area contributed by atoms with Gasteiger partial charge in [0.25, 0.3) is 5.91 Å². The molecule has 0 amide bonds. The zero-order valence-corrected chi connectivity index (χ0v) is 12.0. The van der Waals surface area contributed by atoms with E-state index in [-0.39, 0.29) is 5.91 Å². The SMILES string of the molecule is Cn1ccc2c(C(=O)n3cnc4c(N)cccc43)cccc21. The number of nitrogens with two attached hydrogens (primary N) is 1. The standard InChI is InChI=1S/C17H14N4O/c1-20-9-8-11-12(4-2-6-14(11)20)17(22)21-10-19-16-13(18)5-3-7-15(16)21/h2-10H,18H2,1H3. The molecule has 2 aromatic heterocycles. The fraction of sp³-hybridized carbons (Fsp3) is 0.0588. The van der Waals surface area contributed by atoms with Gasteiger partial charge in [0.1, 0.15) is 11.8 Å². The highest BCUT2D eigenvalue weighted by molar-refractivity contribution is 6.10. The number of carbonyl (C=O) groups excluding carboxylic acids is 1. The minimum atomic E-state index is -0.107. The molecule has 0 unspecified atom stereocenters. The third kappa shape index (κ3) is 1.65. The lowest BCUT2D eigenvalue weighted by Gasteiger charge is -2.06. The van der Waals surface area contributed by atoms with Gasteiger partial charge in [0.15, 0.2) is 0 Å². The number of anilines is 1. The van der Waals surface area contributed by atoms with Crippen molar-refractivity contribution in [1.29, 1.82) is 0 Å². The summed E-state index contributed by atoms with van der Waals surface area (Å²) in [5, 5.41) is 0.931. The molecule has 0 radical (unpaired) electrons. The molecule has 4 rings (SSSR count). The van der Waals surface area contributed by atoms with Gasteiger partial charge in [0.2, 0.25) is 0 Å². The van der Waals surface area contributed by atoms with E-state index in [2.05, 4.69) is 4.98 Å². The highest BCUT2D eigenvalue weighted by Gasteiger charge is 2.16. The maximum Gasteiger partial charge on any atom is 0.264 e. The van der Waals surface area contributed by atoms with Crippen LogP contribution < -0.4 is 5.73 Å². The van der Waals surface area contributed by atoms with E-state index in [1.165, 1.54) is 6.33 Å². The number of rotatable bonds is 1. The summed E-state index contributed by atoms with van der Waals surface area (Å²) < 4.78 is 3.55. The minimum Gasteiger partial charge on any atom is -0.397 e. The fourth-order valence-electron chi connectivity index (χ4n) is 2.84. The second-order valence-electron chi connectivity index (χ2n) is 5.30. The third-order valence-corrected chi connectivity index (χ3v) is 3.98. The molecular formula is C17H14N4O. The zero-order chi connectivity index (χ0) is 15.3. The number of nitrogen functional groups attached to an aromatic ring is 1. The molecule has 0 saturated heterocycles. The van der Waals surface area contributed by atoms with Crippen LogP contribution in [0, 0.1) is 0 Å². The number of para-hydroxylation sites is 1. The van der Waals surface area contributed by atoms with Gasteiger partial charge in [-0.25, -0.2) is 4.98 Å². The van der Waals surface area contributed by atoms with Crippen molar-refractivity contribution in [2.75, 3.05) is 5.73 Å². The largest absolute Gasteiger partial charge is 0.397 e. The summed E-state index contributed by atoms with van der Waals surface area (Å²) in [7, 11) is 1.96. The Kier molecular flexibility index (Phi) is 2.56. The summed E-state index contributed by atoms with van der Waals surface area (Å²) in [5.41, 5.74) is 9.53. The first-order valence-corrected chi connectivity index (χ1v) is 6.97. The number of imidazole rings is 1. The Morgan fingerprint density at radius 1 is 1.09 bits per heavy atom. The molecule has 22 heavy (non-hydrogen) atoms. The lowest BCUT2D eigenvalue weighted by molar-refractivity contribution is 0.0966. The Morgan fingerprint density at radius 2 is 1.86 bits per heavy atom. The predicted molar refractivity (Wildman–Crippen MR) is 86.8 cm³/mol. The molecule has 2 heterocycles. The molecule has 2 aromatic carbocycles. The van der Waals surface area contributed by atoms with Crippen molar-refractivity contribution in [3.63, 3.8) is 0 Å². The zero-order valence-electron chi connectivity index (χ0n) is 12.0. The molecule has 0 aliphatic heterocycles. The van der Waals surface area contributed by atoms with E-state index in [0.717, 1.165) is 16.4 Å². The smallest absolute Gasteiger partial charge is 0.264 e. The third-order valence-electron chi connectivity index (χ3n) is 3.98. The van der Waals surface area contributed by atoms with E-state index < -0.39 is 0 Å². The van der Waals surface area contributed by atoms with Gasteiger partial charge in [-0.15, -0.1) is 0 Å². The second kappa shape index (κ2) is 4.46. The van der Waals surface area contributed by atoms with Gasteiger partial charge < -0.3 is 10.3 Å². The lowest BCUT2D eigenvalue weighted by Crippen LogP contribution is -2.11. The first-order chi connectivity index (χ1) is 10.7. The molecule has 0 atom stereocenters. The van der Waals surface area contributed by atoms with E-state index in [1.807, 2.05) is 54.2 Å². The molecule has 0 bridgehead atoms. The van der Waals surface area contributed by atoms with Crippen LogP contribution in [0.15, 0.2) is 55.0 Å². The number of aryl methyl sites for hydroxylation is 1. The summed E-state index contributed by atoms with van der Waals surface area (Å²) in [6.45, 7) is 0. The molecule has 0 saturated carbocycles. The molecule has 0 aliphatic rings. The van der Waals surface area contributed by atoms with Crippen LogP contribution in [0.25, 0.3) is 21.9 Å². The number of carbonyl (C=O) groups is 1. The summed E-state index contributed by atoms with van der Waals surface area (Å²) in [6, 6.07) is 13.1. The van der Waals surface area contributed by atoms with Gasteiger partial charge >= 0.3 is 0 Å². The first-order valence-electron chi connectivity index (χ1n) is 6.97. The summed E-state index contributed by atoms with van der Waals surface area (Å²) in [4.78, 5) is 17.2. The quantitative estimate of drug-likeness (QED) is 0.548. The number of fused-ring (bicyclic) bond motifs is 2. The van der Waals surface area contributed by atoms with Crippen molar-refractivity contribution >= 4 is 33.5 Å². The normalized spacial score (nSPS) is 11.3. The van der Waals surface area contributed by atoms with Gasteiger partial charge in [-0.1, -0.05) is 12.1 Å². The van der Waals surface area contributed by atoms with Crippen LogP contribution in [0.3, 0.4) is 0 Å². The van der Waals surface area contributed by atoms with Crippen LogP contribution in [0.5, 0.6) is 0 Å². The molecule has 5 nitrogen and oxygen atoms in total. The van der Waals surface area contributed by atoms with Crippen LogP contribution in [-0.4, -0.2) is 20.0 Å². The van der Waals surface area contributed by atoms with Crippen LogP contribution in [-0.2, 0) is 7.05 Å². The second-order valence-corrected chi connectivity index (χ2v) is 5.30. The molecule has 0 aliphatic carbocycles. The van der Waals surface area contributed by atoms with Crippen molar-refractivity contribution in [3.05, 3.63) is 60.6 Å². The lowest BCUT2D eigenvalue weighted by atomic mass is 10.1. The van der Waals surface area contributed by atoms with Gasteiger partial charge in [-0.05, 0) is 30.3 Å². The van der Waals surface area contributed by atoms with E-state index in [1.54, 1.807) is 10.6 Å². The molecule has 4 aromatic rings. The molecule has 2 N–H and O–H groups in total.